The second kappa shape index (κ2) is 11.1. The second-order valence-corrected chi connectivity index (χ2v) is 10.7. The smallest absolute Gasteiger partial charge is 0.153 e. The fourth-order valence-electron chi connectivity index (χ4n) is 2.66. The van der Waals surface area contributed by atoms with Crippen molar-refractivity contribution < 1.29 is 17.2 Å². The van der Waals surface area contributed by atoms with Gasteiger partial charge in [0, 0.05) is 17.6 Å². The Balaban J connectivity index is 2.18. The van der Waals surface area contributed by atoms with E-state index in [2.05, 4.69) is 13.8 Å². The van der Waals surface area contributed by atoms with Crippen molar-refractivity contribution in [3.8, 4) is 0 Å². The van der Waals surface area contributed by atoms with Crippen molar-refractivity contribution in [1.82, 2.24) is 0 Å². The molecule has 0 aliphatic rings. The summed E-state index contributed by atoms with van der Waals surface area (Å²) >= 11 is 5.75. The van der Waals surface area contributed by atoms with Gasteiger partial charge in [-0.05, 0) is 63.1 Å². The molecule has 0 radical (unpaired) electrons. The third-order valence-electron chi connectivity index (χ3n) is 4.09. The topological polar surface area (TPSA) is 29.5 Å². The summed E-state index contributed by atoms with van der Waals surface area (Å²) in [6.07, 6.45) is 1.51. The summed E-state index contributed by atoms with van der Waals surface area (Å²) in [6, 6.07) is 9.70. The molecule has 0 saturated heterocycles. The number of unbranched alkanes of at least 4 members (excludes halogenated alkanes) is 1. The van der Waals surface area contributed by atoms with Gasteiger partial charge in [-0.2, -0.15) is 4.18 Å². The van der Waals surface area contributed by atoms with Crippen LogP contribution in [0.1, 0.15) is 26.7 Å². The Bertz CT molecular complexity index is 790. The van der Waals surface area contributed by atoms with Gasteiger partial charge in [-0.25, -0.2) is 13.0 Å². The maximum atomic E-state index is 14.4. The summed E-state index contributed by atoms with van der Waals surface area (Å²) < 4.78 is 48.1. The number of nitrogens with zero attached hydrogens (tertiary/aromatic N) is 1. The number of benzene rings is 2. The van der Waals surface area contributed by atoms with Gasteiger partial charge in [0.25, 0.3) is 0 Å². The van der Waals surface area contributed by atoms with E-state index in [1.807, 2.05) is 0 Å². The van der Waals surface area contributed by atoms with Crippen LogP contribution in [0, 0.1) is 11.6 Å². The lowest BCUT2D eigenvalue weighted by atomic mass is 10.2. The van der Waals surface area contributed by atoms with Gasteiger partial charge in [-0.1, -0.05) is 11.6 Å². The standard InChI is InChI=1S/C20H25ClF2NO2S2/c1-15(2)27(26-3)13-5-4-12-24(20-14-17(22)8-11-19(20)23)28(25)18-9-6-16(21)7-10-18/h6-11,14-15H,4-5,12-13H2,1-3H3/q+1. The Hall–Kier alpha value is -1.15. The summed E-state index contributed by atoms with van der Waals surface area (Å²) in [6.45, 7) is 4.54. The minimum Gasteiger partial charge on any atom is -0.285 e. The highest BCUT2D eigenvalue weighted by atomic mass is 35.5. The van der Waals surface area contributed by atoms with Crippen molar-refractivity contribution >= 4 is 39.4 Å². The molecule has 0 bridgehead atoms. The lowest BCUT2D eigenvalue weighted by molar-refractivity contribution is 0.466. The molecule has 0 aromatic heterocycles. The molecule has 0 amide bonds. The molecule has 28 heavy (non-hydrogen) atoms. The SMILES string of the molecule is CO[S+](CCCCN(c1cc(F)ccc1F)S(=O)c1ccc(Cl)cc1)C(C)C. The zero-order valence-corrected chi connectivity index (χ0v) is 18.6. The predicted molar refractivity (Wildman–Crippen MR) is 115 cm³/mol. The first kappa shape index (κ1) is 23.1. The monoisotopic (exact) mass is 448 g/mol. The maximum Gasteiger partial charge on any atom is 0.153 e. The average molecular weight is 449 g/mol. The molecular formula is C20H25ClF2NO2S2+. The average Bonchev–Trinajstić information content (AvgIpc) is 2.67. The van der Waals surface area contributed by atoms with E-state index in [1.165, 1.54) is 4.31 Å². The number of anilines is 1. The molecule has 2 aromatic rings. The van der Waals surface area contributed by atoms with E-state index >= 15 is 0 Å². The second-order valence-electron chi connectivity index (χ2n) is 6.41. The van der Waals surface area contributed by atoms with Crippen LogP contribution < -0.4 is 4.31 Å². The van der Waals surface area contributed by atoms with Crippen LogP contribution in [0.15, 0.2) is 47.4 Å². The lowest BCUT2D eigenvalue weighted by Gasteiger charge is -2.24. The molecule has 0 aliphatic carbocycles. The number of halogens is 3. The third-order valence-corrected chi connectivity index (χ3v) is 7.97. The van der Waals surface area contributed by atoms with Crippen molar-refractivity contribution in [1.29, 1.82) is 0 Å². The van der Waals surface area contributed by atoms with Crippen LogP contribution in [0.2, 0.25) is 5.02 Å². The molecule has 0 saturated carbocycles. The molecule has 8 heteroatoms. The zero-order valence-electron chi connectivity index (χ0n) is 16.2. The summed E-state index contributed by atoms with van der Waals surface area (Å²) in [7, 11) is 0.0168. The Morgan fingerprint density at radius 3 is 2.43 bits per heavy atom. The minimum absolute atomic E-state index is 0.0112. The van der Waals surface area contributed by atoms with Crippen molar-refractivity contribution in [2.75, 3.05) is 23.7 Å². The molecule has 2 aromatic carbocycles. The lowest BCUT2D eigenvalue weighted by Crippen LogP contribution is -2.29. The van der Waals surface area contributed by atoms with Crippen molar-refractivity contribution in [3.63, 3.8) is 0 Å². The van der Waals surface area contributed by atoms with Crippen molar-refractivity contribution in [2.45, 2.75) is 36.8 Å². The van der Waals surface area contributed by atoms with Crippen LogP contribution in [-0.4, -0.2) is 28.9 Å². The van der Waals surface area contributed by atoms with E-state index in [-0.39, 0.29) is 16.9 Å². The molecule has 0 N–H and O–H groups in total. The van der Waals surface area contributed by atoms with E-state index in [4.69, 9.17) is 15.8 Å². The van der Waals surface area contributed by atoms with E-state index < -0.39 is 22.6 Å². The van der Waals surface area contributed by atoms with Crippen LogP contribution in [0.25, 0.3) is 0 Å². The first-order chi connectivity index (χ1) is 13.3. The first-order valence-corrected chi connectivity index (χ1v) is 11.8. The molecule has 0 spiro atoms. The molecular weight excluding hydrogens is 424 g/mol. The van der Waals surface area contributed by atoms with Crippen LogP contribution >= 0.6 is 11.6 Å². The first-order valence-electron chi connectivity index (χ1n) is 8.97. The van der Waals surface area contributed by atoms with E-state index in [0.29, 0.717) is 28.1 Å². The number of hydrogen-bond donors (Lipinski definition) is 0. The van der Waals surface area contributed by atoms with Gasteiger partial charge >= 0.3 is 0 Å². The van der Waals surface area contributed by atoms with E-state index in [1.54, 1.807) is 31.4 Å². The zero-order chi connectivity index (χ0) is 20.7. The third kappa shape index (κ3) is 6.44. The van der Waals surface area contributed by atoms with Crippen LogP contribution in [0.4, 0.5) is 14.5 Å². The number of hydrogen-bond acceptors (Lipinski definition) is 2. The molecule has 0 aliphatic heterocycles. The highest BCUT2D eigenvalue weighted by Crippen LogP contribution is 2.26. The summed E-state index contributed by atoms with van der Waals surface area (Å²) in [5, 5.41) is 0.939. The largest absolute Gasteiger partial charge is 0.285 e. The Morgan fingerprint density at radius 2 is 1.82 bits per heavy atom. The highest BCUT2D eigenvalue weighted by Gasteiger charge is 2.24. The summed E-state index contributed by atoms with van der Waals surface area (Å²) in [5.74, 6) is -0.306. The fraction of sp³-hybridized carbons (Fsp3) is 0.400. The Morgan fingerprint density at radius 1 is 1.14 bits per heavy atom. The minimum atomic E-state index is -1.68. The quantitative estimate of drug-likeness (QED) is 0.354. The van der Waals surface area contributed by atoms with Gasteiger partial charge in [0.05, 0.1) is 17.7 Å². The normalized spacial score (nSPS) is 13.5. The molecule has 0 fully saturated rings. The van der Waals surface area contributed by atoms with Gasteiger partial charge in [0.15, 0.2) is 11.0 Å². The van der Waals surface area contributed by atoms with Crippen LogP contribution in [0.3, 0.4) is 0 Å². The highest BCUT2D eigenvalue weighted by molar-refractivity contribution is 7.92. The van der Waals surface area contributed by atoms with E-state index in [9.17, 15) is 13.0 Å². The van der Waals surface area contributed by atoms with Gasteiger partial charge in [-0.15, -0.1) is 0 Å². The molecule has 2 rings (SSSR count). The molecule has 2 unspecified atom stereocenters. The predicted octanol–water partition coefficient (Wildman–Crippen LogP) is 5.52. The van der Waals surface area contributed by atoms with Crippen molar-refractivity contribution in [3.05, 3.63) is 59.1 Å². The Labute approximate surface area is 176 Å². The fourth-order valence-corrected chi connectivity index (χ4v) is 5.53. The van der Waals surface area contributed by atoms with Crippen LogP contribution in [-0.2, 0) is 26.3 Å². The maximum absolute atomic E-state index is 14.4. The molecule has 3 nitrogen and oxygen atoms in total. The molecule has 0 heterocycles. The molecule has 2 atom stereocenters. The summed E-state index contributed by atoms with van der Waals surface area (Å²) in [4.78, 5) is 0.479. The summed E-state index contributed by atoms with van der Waals surface area (Å²) in [5.41, 5.74) is -0.0112. The van der Waals surface area contributed by atoms with Crippen LogP contribution in [0.5, 0.6) is 0 Å². The van der Waals surface area contributed by atoms with Gasteiger partial charge in [0.2, 0.25) is 0 Å². The van der Waals surface area contributed by atoms with Gasteiger partial charge in [0.1, 0.15) is 33.8 Å². The van der Waals surface area contributed by atoms with Crippen molar-refractivity contribution in [2.24, 2.45) is 0 Å². The van der Waals surface area contributed by atoms with Gasteiger partial charge < -0.3 is 0 Å². The van der Waals surface area contributed by atoms with Gasteiger partial charge in [-0.3, -0.25) is 4.31 Å². The van der Waals surface area contributed by atoms with E-state index in [0.717, 1.165) is 30.4 Å². The number of rotatable bonds is 10. The molecule has 154 valence electrons. The Kier molecular flexibility index (Phi) is 9.21.